The fourth-order valence-electron chi connectivity index (χ4n) is 3.02. The molecule has 3 N–H and O–H groups in total. The molecule has 1 unspecified atom stereocenters. The number of halogens is 2. The minimum Gasteiger partial charge on any atom is -0.302 e. The monoisotopic (exact) mass is 345 g/mol. The summed E-state index contributed by atoms with van der Waals surface area (Å²) in [7, 11) is 4.13. The lowest BCUT2D eigenvalue weighted by atomic mass is 9.80. The molecule has 1 atom stereocenters. The quantitative estimate of drug-likeness (QED) is 0.589. The van der Waals surface area contributed by atoms with Gasteiger partial charge in [0.25, 0.3) is 0 Å². The van der Waals surface area contributed by atoms with E-state index in [4.69, 9.17) is 5.84 Å². The minimum absolute atomic E-state index is 0.0469. The summed E-state index contributed by atoms with van der Waals surface area (Å²) in [5, 5.41) is 0. The summed E-state index contributed by atoms with van der Waals surface area (Å²) in [6, 6.07) is 5.17. The predicted molar refractivity (Wildman–Crippen MR) is 85.9 cm³/mol. The summed E-state index contributed by atoms with van der Waals surface area (Å²) >= 11 is 3.33. The predicted octanol–water partition coefficient (Wildman–Crippen LogP) is 3.08. The first kappa shape index (κ1) is 17.6. The number of nitrogens with two attached hydrogens (primary N) is 1. The Morgan fingerprint density at radius 2 is 1.95 bits per heavy atom. The zero-order valence-corrected chi connectivity index (χ0v) is 14.3. The topological polar surface area (TPSA) is 41.3 Å². The smallest absolute Gasteiger partial charge is 0.137 e. The molecule has 0 aliphatic carbocycles. The van der Waals surface area contributed by atoms with E-state index in [-0.39, 0.29) is 17.4 Å². The SMILES string of the molecule is CCC(CC)(C(Cc1cccc(F)c1Br)NN)N(C)C. The Bertz CT molecular complexity index is 433. The number of benzene rings is 1. The summed E-state index contributed by atoms with van der Waals surface area (Å²) < 4.78 is 14.2. The van der Waals surface area contributed by atoms with E-state index >= 15 is 0 Å². The molecule has 0 heterocycles. The standard InChI is InChI=1S/C15H25BrFN3/c1-5-15(6-2,20(3)4)13(19-18)10-11-8-7-9-12(17)14(11)16/h7-9,13,19H,5-6,10,18H2,1-4H3. The lowest BCUT2D eigenvalue weighted by Crippen LogP contribution is -2.61. The summed E-state index contributed by atoms with van der Waals surface area (Å²) in [5.41, 5.74) is 3.81. The molecular weight excluding hydrogens is 321 g/mol. The zero-order chi connectivity index (χ0) is 15.3. The minimum atomic E-state index is -0.235. The first-order valence-electron chi connectivity index (χ1n) is 6.99. The van der Waals surface area contributed by atoms with E-state index in [1.54, 1.807) is 6.07 Å². The van der Waals surface area contributed by atoms with Crippen molar-refractivity contribution in [3.8, 4) is 0 Å². The highest BCUT2D eigenvalue weighted by Gasteiger charge is 2.37. The van der Waals surface area contributed by atoms with Crippen LogP contribution < -0.4 is 11.3 Å². The summed E-state index contributed by atoms with van der Waals surface area (Å²) in [4.78, 5) is 2.21. The van der Waals surface area contributed by atoms with Crippen LogP contribution in [0.1, 0.15) is 32.3 Å². The number of hydrazine groups is 1. The van der Waals surface area contributed by atoms with E-state index in [1.807, 2.05) is 6.07 Å². The Labute approximate surface area is 129 Å². The Morgan fingerprint density at radius 3 is 2.40 bits per heavy atom. The van der Waals surface area contributed by atoms with Crippen molar-refractivity contribution in [1.29, 1.82) is 0 Å². The lowest BCUT2D eigenvalue weighted by molar-refractivity contribution is 0.0881. The van der Waals surface area contributed by atoms with Crippen LogP contribution >= 0.6 is 15.9 Å². The molecule has 20 heavy (non-hydrogen) atoms. The van der Waals surface area contributed by atoms with Crippen molar-refractivity contribution >= 4 is 15.9 Å². The lowest BCUT2D eigenvalue weighted by Gasteiger charge is -2.45. The van der Waals surface area contributed by atoms with E-state index < -0.39 is 0 Å². The Hall–Kier alpha value is -0.490. The van der Waals surface area contributed by atoms with Gasteiger partial charge in [0.05, 0.1) is 4.47 Å². The maximum atomic E-state index is 13.6. The molecule has 0 saturated carbocycles. The Balaban J connectivity index is 3.10. The average molecular weight is 346 g/mol. The maximum absolute atomic E-state index is 13.6. The molecule has 1 rings (SSSR count). The molecule has 1 aromatic carbocycles. The average Bonchev–Trinajstić information content (AvgIpc) is 2.43. The van der Waals surface area contributed by atoms with Crippen molar-refractivity contribution < 1.29 is 4.39 Å². The van der Waals surface area contributed by atoms with E-state index in [2.05, 4.69) is 54.2 Å². The first-order chi connectivity index (χ1) is 9.42. The number of hydrogen-bond donors (Lipinski definition) is 2. The Kier molecular flexibility index (Phi) is 6.58. The molecule has 0 aromatic heterocycles. The summed E-state index contributed by atoms with van der Waals surface area (Å²) in [6.45, 7) is 4.32. The largest absolute Gasteiger partial charge is 0.302 e. The van der Waals surface area contributed by atoms with Crippen LogP contribution in [0.3, 0.4) is 0 Å². The van der Waals surface area contributed by atoms with E-state index in [9.17, 15) is 4.39 Å². The van der Waals surface area contributed by atoms with Gasteiger partial charge in [-0.15, -0.1) is 0 Å². The van der Waals surface area contributed by atoms with Crippen LogP contribution in [0.5, 0.6) is 0 Å². The second kappa shape index (κ2) is 7.50. The maximum Gasteiger partial charge on any atom is 0.137 e. The molecule has 0 aliphatic heterocycles. The highest BCUT2D eigenvalue weighted by atomic mass is 79.9. The van der Waals surface area contributed by atoms with E-state index in [0.717, 1.165) is 18.4 Å². The molecule has 1 aromatic rings. The van der Waals surface area contributed by atoms with Crippen molar-refractivity contribution in [1.82, 2.24) is 10.3 Å². The number of rotatable bonds is 7. The van der Waals surface area contributed by atoms with E-state index in [0.29, 0.717) is 10.9 Å². The number of nitrogens with one attached hydrogen (secondary N) is 1. The van der Waals surface area contributed by atoms with Crippen molar-refractivity contribution in [3.05, 3.63) is 34.1 Å². The van der Waals surface area contributed by atoms with Gasteiger partial charge in [-0.25, -0.2) is 4.39 Å². The fourth-order valence-corrected chi connectivity index (χ4v) is 3.44. The van der Waals surface area contributed by atoms with Crippen molar-refractivity contribution in [2.45, 2.75) is 44.7 Å². The second-order valence-corrected chi connectivity index (χ2v) is 6.13. The fraction of sp³-hybridized carbons (Fsp3) is 0.600. The summed E-state index contributed by atoms with van der Waals surface area (Å²) in [6.07, 6.45) is 2.62. The number of likely N-dealkylation sites (N-methyl/N-ethyl adjacent to an activating group) is 1. The molecule has 0 fully saturated rings. The van der Waals surface area contributed by atoms with Gasteiger partial charge in [-0.3, -0.25) is 11.3 Å². The molecule has 0 radical (unpaired) electrons. The van der Waals surface area contributed by atoms with Crippen LogP contribution in [0, 0.1) is 5.82 Å². The third-order valence-corrected chi connectivity index (χ3v) is 5.31. The number of hydrogen-bond acceptors (Lipinski definition) is 3. The first-order valence-corrected chi connectivity index (χ1v) is 7.78. The van der Waals surface area contributed by atoms with Crippen molar-refractivity contribution in [3.63, 3.8) is 0 Å². The third-order valence-electron chi connectivity index (χ3n) is 4.42. The van der Waals surface area contributed by atoms with Crippen LogP contribution in [0.25, 0.3) is 0 Å². The number of nitrogens with zero attached hydrogens (tertiary/aromatic N) is 1. The van der Waals surface area contributed by atoms with Crippen LogP contribution in [0.15, 0.2) is 22.7 Å². The van der Waals surface area contributed by atoms with Gasteiger partial charge in [0.15, 0.2) is 0 Å². The second-order valence-electron chi connectivity index (χ2n) is 5.34. The van der Waals surface area contributed by atoms with Crippen LogP contribution in [-0.4, -0.2) is 30.6 Å². The molecule has 0 spiro atoms. The molecule has 3 nitrogen and oxygen atoms in total. The molecule has 0 bridgehead atoms. The highest BCUT2D eigenvalue weighted by Crippen LogP contribution is 2.30. The van der Waals surface area contributed by atoms with Gasteiger partial charge in [0.1, 0.15) is 5.82 Å². The summed E-state index contributed by atoms with van der Waals surface area (Å²) in [5.74, 6) is 5.56. The zero-order valence-electron chi connectivity index (χ0n) is 12.7. The van der Waals surface area contributed by atoms with Gasteiger partial charge < -0.3 is 4.90 Å². The van der Waals surface area contributed by atoms with Crippen LogP contribution in [-0.2, 0) is 6.42 Å². The Morgan fingerprint density at radius 1 is 1.35 bits per heavy atom. The van der Waals surface area contributed by atoms with Gasteiger partial charge in [0, 0.05) is 11.6 Å². The van der Waals surface area contributed by atoms with Gasteiger partial charge in [-0.2, -0.15) is 0 Å². The molecule has 0 amide bonds. The normalized spacial score (nSPS) is 13.8. The third kappa shape index (κ3) is 3.39. The van der Waals surface area contributed by atoms with Crippen LogP contribution in [0.2, 0.25) is 0 Å². The van der Waals surface area contributed by atoms with Crippen molar-refractivity contribution in [2.24, 2.45) is 5.84 Å². The van der Waals surface area contributed by atoms with Gasteiger partial charge >= 0.3 is 0 Å². The molecule has 0 aliphatic rings. The molecule has 114 valence electrons. The van der Waals surface area contributed by atoms with Gasteiger partial charge in [-0.05, 0) is 60.9 Å². The molecular formula is C15H25BrFN3. The van der Waals surface area contributed by atoms with Crippen LogP contribution in [0.4, 0.5) is 4.39 Å². The van der Waals surface area contributed by atoms with Crippen molar-refractivity contribution in [2.75, 3.05) is 14.1 Å². The molecule has 5 heteroatoms. The highest BCUT2D eigenvalue weighted by molar-refractivity contribution is 9.10. The van der Waals surface area contributed by atoms with Gasteiger partial charge in [0.2, 0.25) is 0 Å². The van der Waals surface area contributed by atoms with E-state index in [1.165, 1.54) is 6.07 Å². The molecule has 0 saturated heterocycles. The van der Waals surface area contributed by atoms with Gasteiger partial charge in [-0.1, -0.05) is 26.0 Å².